The monoisotopic (exact) mass is 309 g/mol. The van der Waals surface area contributed by atoms with Crippen molar-refractivity contribution in [2.45, 2.75) is 31.7 Å². The van der Waals surface area contributed by atoms with Gasteiger partial charge in [-0.15, -0.1) is 0 Å². The van der Waals surface area contributed by atoms with Crippen LogP contribution in [0.3, 0.4) is 0 Å². The second-order valence-corrected chi connectivity index (χ2v) is 6.69. The average Bonchev–Trinajstić information content (AvgIpc) is 2.61. The fraction of sp³-hybridized carbons (Fsp3) is 0.474. The van der Waals surface area contributed by atoms with E-state index in [0.717, 1.165) is 36.1 Å². The number of piperazine rings is 1. The van der Waals surface area contributed by atoms with Gasteiger partial charge in [-0.05, 0) is 31.0 Å². The lowest BCUT2D eigenvalue weighted by molar-refractivity contribution is -0.134. The second-order valence-electron chi connectivity index (χ2n) is 6.69. The molecule has 2 saturated heterocycles. The summed E-state index contributed by atoms with van der Waals surface area (Å²) in [6.45, 7) is 4.01. The van der Waals surface area contributed by atoms with Crippen LogP contribution >= 0.6 is 0 Å². The molecule has 2 fully saturated rings. The molecule has 1 aromatic carbocycles. The van der Waals surface area contributed by atoms with E-state index < -0.39 is 0 Å². The first-order valence-electron chi connectivity index (χ1n) is 8.66. The largest absolute Gasteiger partial charge is 0.340 e. The first-order chi connectivity index (χ1) is 11.3. The molecule has 4 nitrogen and oxygen atoms in total. The second kappa shape index (κ2) is 6.28. The molecule has 0 spiro atoms. The van der Waals surface area contributed by atoms with E-state index in [1.807, 2.05) is 18.2 Å². The molecule has 4 rings (SSSR count). The fourth-order valence-electron chi connectivity index (χ4n) is 3.97. The van der Waals surface area contributed by atoms with E-state index in [1.165, 1.54) is 25.8 Å². The molecule has 0 saturated carbocycles. The number of fused-ring (bicyclic) bond motifs is 2. The first kappa shape index (κ1) is 14.6. The molecule has 0 aliphatic carbocycles. The minimum atomic E-state index is 0.244. The Morgan fingerprint density at radius 2 is 2.04 bits per heavy atom. The lowest BCUT2D eigenvalue weighted by Crippen LogP contribution is -2.56. The SMILES string of the molecule is O=C(Cc1cccc2cccnc12)N1CCN2CCCC[C@@H]2C1. The molecule has 0 N–H and O–H groups in total. The third kappa shape index (κ3) is 2.95. The number of pyridine rings is 1. The summed E-state index contributed by atoms with van der Waals surface area (Å²) in [4.78, 5) is 21.9. The summed E-state index contributed by atoms with van der Waals surface area (Å²) in [6.07, 6.45) is 6.11. The molecule has 23 heavy (non-hydrogen) atoms. The molecule has 1 aromatic heterocycles. The van der Waals surface area contributed by atoms with Crippen molar-refractivity contribution in [2.24, 2.45) is 0 Å². The highest BCUT2D eigenvalue weighted by Gasteiger charge is 2.30. The number of piperidine rings is 1. The summed E-state index contributed by atoms with van der Waals surface area (Å²) < 4.78 is 0. The van der Waals surface area contributed by atoms with Gasteiger partial charge in [0.05, 0.1) is 11.9 Å². The Bertz CT molecular complexity index is 709. The third-order valence-corrected chi connectivity index (χ3v) is 5.25. The maximum Gasteiger partial charge on any atom is 0.227 e. The zero-order valence-electron chi connectivity index (χ0n) is 13.4. The molecular formula is C19H23N3O. The molecule has 4 heteroatoms. The Balaban J connectivity index is 1.49. The molecule has 2 aromatic rings. The first-order valence-corrected chi connectivity index (χ1v) is 8.66. The topological polar surface area (TPSA) is 36.4 Å². The van der Waals surface area contributed by atoms with Crippen LogP contribution in [0.25, 0.3) is 10.9 Å². The molecule has 0 bridgehead atoms. The van der Waals surface area contributed by atoms with Crippen molar-refractivity contribution < 1.29 is 4.79 Å². The van der Waals surface area contributed by atoms with Gasteiger partial charge in [0.1, 0.15) is 0 Å². The van der Waals surface area contributed by atoms with Gasteiger partial charge in [0.2, 0.25) is 5.91 Å². The van der Waals surface area contributed by atoms with Gasteiger partial charge < -0.3 is 4.90 Å². The van der Waals surface area contributed by atoms with Crippen LogP contribution in [0.2, 0.25) is 0 Å². The van der Waals surface area contributed by atoms with E-state index in [0.29, 0.717) is 12.5 Å². The van der Waals surface area contributed by atoms with E-state index >= 15 is 0 Å². The number of hydrogen-bond donors (Lipinski definition) is 0. The number of benzene rings is 1. The standard InChI is InChI=1S/C19H23N3O/c23-18(22-12-11-21-10-2-1-8-17(21)14-22)13-16-6-3-5-15-7-4-9-20-19(15)16/h3-7,9,17H,1-2,8,10-14H2/t17-/m1/s1. The number of hydrogen-bond acceptors (Lipinski definition) is 3. The van der Waals surface area contributed by atoms with Crippen LogP contribution in [0.4, 0.5) is 0 Å². The molecule has 2 aliphatic heterocycles. The number of rotatable bonds is 2. The van der Waals surface area contributed by atoms with Crippen molar-refractivity contribution in [2.75, 3.05) is 26.2 Å². The molecule has 0 unspecified atom stereocenters. The predicted molar refractivity (Wildman–Crippen MR) is 91.2 cm³/mol. The third-order valence-electron chi connectivity index (χ3n) is 5.25. The summed E-state index contributed by atoms with van der Waals surface area (Å²) in [7, 11) is 0. The number of para-hydroxylation sites is 1. The maximum atomic E-state index is 12.8. The fourth-order valence-corrected chi connectivity index (χ4v) is 3.97. The number of aromatic nitrogens is 1. The van der Waals surface area contributed by atoms with Gasteiger partial charge in [0.25, 0.3) is 0 Å². The van der Waals surface area contributed by atoms with Crippen LogP contribution in [-0.4, -0.2) is 52.9 Å². The summed E-state index contributed by atoms with van der Waals surface area (Å²) >= 11 is 0. The van der Waals surface area contributed by atoms with Crippen LogP contribution in [-0.2, 0) is 11.2 Å². The Labute approximate surface area is 137 Å². The summed E-state index contributed by atoms with van der Waals surface area (Å²) in [5.74, 6) is 0.244. The Kier molecular flexibility index (Phi) is 4.00. The van der Waals surface area contributed by atoms with Crippen molar-refractivity contribution in [3.05, 3.63) is 42.1 Å². The van der Waals surface area contributed by atoms with Gasteiger partial charge in [0, 0.05) is 37.3 Å². The summed E-state index contributed by atoms with van der Waals surface area (Å²) in [5.41, 5.74) is 2.00. The van der Waals surface area contributed by atoms with E-state index in [4.69, 9.17) is 0 Å². The molecule has 3 heterocycles. The smallest absolute Gasteiger partial charge is 0.227 e. The normalized spacial score (nSPS) is 22.1. The van der Waals surface area contributed by atoms with E-state index in [9.17, 15) is 4.79 Å². The number of carbonyl (C=O) groups is 1. The molecular weight excluding hydrogens is 286 g/mol. The number of carbonyl (C=O) groups excluding carboxylic acids is 1. The van der Waals surface area contributed by atoms with Crippen LogP contribution in [0.1, 0.15) is 24.8 Å². The zero-order chi connectivity index (χ0) is 15.6. The van der Waals surface area contributed by atoms with Gasteiger partial charge in [-0.25, -0.2) is 0 Å². The lowest BCUT2D eigenvalue weighted by atomic mass is 9.99. The molecule has 2 aliphatic rings. The summed E-state index contributed by atoms with van der Waals surface area (Å²) in [6, 6.07) is 10.7. The van der Waals surface area contributed by atoms with Crippen molar-refractivity contribution in [3.63, 3.8) is 0 Å². The highest BCUT2D eigenvalue weighted by Crippen LogP contribution is 2.22. The van der Waals surface area contributed by atoms with Gasteiger partial charge in [-0.1, -0.05) is 30.7 Å². The van der Waals surface area contributed by atoms with Crippen LogP contribution < -0.4 is 0 Å². The lowest BCUT2D eigenvalue weighted by Gasteiger charge is -2.44. The Morgan fingerprint density at radius 3 is 3.00 bits per heavy atom. The van der Waals surface area contributed by atoms with Crippen molar-refractivity contribution in [3.8, 4) is 0 Å². The highest BCUT2D eigenvalue weighted by molar-refractivity contribution is 5.87. The van der Waals surface area contributed by atoms with Crippen molar-refractivity contribution in [1.29, 1.82) is 0 Å². The average molecular weight is 309 g/mol. The summed E-state index contributed by atoms with van der Waals surface area (Å²) in [5, 5.41) is 1.11. The molecule has 120 valence electrons. The zero-order valence-corrected chi connectivity index (χ0v) is 13.4. The van der Waals surface area contributed by atoms with Crippen LogP contribution in [0.5, 0.6) is 0 Å². The van der Waals surface area contributed by atoms with E-state index in [1.54, 1.807) is 6.20 Å². The molecule has 1 atom stereocenters. The molecule has 0 radical (unpaired) electrons. The molecule has 1 amide bonds. The van der Waals surface area contributed by atoms with Gasteiger partial charge >= 0.3 is 0 Å². The van der Waals surface area contributed by atoms with Crippen molar-refractivity contribution in [1.82, 2.24) is 14.8 Å². The van der Waals surface area contributed by atoms with Gasteiger partial charge in [0.15, 0.2) is 0 Å². The van der Waals surface area contributed by atoms with E-state index in [-0.39, 0.29) is 5.91 Å². The van der Waals surface area contributed by atoms with Crippen LogP contribution in [0.15, 0.2) is 36.5 Å². The minimum Gasteiger partial charge on any atom is -0.340 e. The quantitative estimate of drug-likeness (QED) is 0.855. The Hall–Kier alpha value is -1.94. The van der Waals surface area contributed by atoms with Crippen LogP contribution in [0, 0.1) is 0 Å². The van der Waals surface area contributed by atoms with Crippen molar-refractivity contribution >= 4 is 16.8 Å². The maximum absolute atomic E-state index is 12.8. The number of amides is 1. The number of nitrogens with zero attached hydrogens (tertiary/aromatic N) is 3. The van der Waals surface area contributed by atoms with Gasteiger partial charge in [-0.2, -0.15) is 0 Å². The predicted octanol–water partition coefficient (Wildman–Crippen LogP) is 2.47. The van der Waals surface area contributed by atoms with E-state index in [2.05, 4.69) is 26.9 Å². The van der Waals surface area contributed by atoms with Gasteiger partial charge in [-0.3, -0.25) is 14.7 Å². The highest BCUT2D eigenvalue weighted by atomic mass is 16.2. The Morgan fingerprint density at radius 1 is 1.13 bits per heavy atom. The minimum absolute atomic E-state index is 0.244.